The summed E-state index contributed by atoms with van der Waals surface area (Å²) in [4.78, 5) is 43.9. The van der Waals surface area contributed by atoms with Crippen molar-refractivity contribution in [3.63, 3.8) is 0 Å². The molecular weight excluding hydrogens is 642 g/mol. The Morgan fingerprint density at radius 2 is 1.74 bits per heavy atom. The number of rotatable bonds is 8. The van der Waals surface area contributed by atoms with Crippen molar-refractivity contribution in [3.8, 4) is 0 Å². The number of methoxy groups -OCH3 is 1. The number of cyclic esters (lactones) is 1. The Morgan fingerprint density at radius 1 is 1.08 bits per heavy atom. The molecule has 0 unspecified atom stereocenters. The number of nitrogens with zero attached hydrogens (tertiary/aromatic N) is 2. The molecule has 3 aliphatic rings. The zero-order valence-corrected chi connectivity index (χ0v) is 31.7. The van der Waals surface area contributed by atoms with Gasteiger partial charge >= 0.3 is 12.1 Å². The molecule has 12 heteroatoms. The third-order valence-electron chi connectivity index (χ3n) is 11.0. The van der Waals surface area contributed by atoms with Crippen LogP contribution in [0.1, 0.15) is 80.2 Å². The van der Waals surface area contributed by atoms with E-state index < -0.39 is 71.7 Å². The van der Waals surface area contributed by atoms with Crippen LogP contribution in [0.25, 0.3) is 0 Å². The molecule has 0 spiro atoms. The summed E-state index contributed by atoms with van der Waals surface area (Å²) >= 11 is 0. The van der Waals surface area contributed by atoms with E-state index in [4.69, 9.17) is 23.7 Å². The molecule has 0 aromatic heterocycles. The van der Waals surface area contributed by atoms with Gasteiger partial charge in [-0.25, -0.2) is 20.0 Å². The standard InChI is InChI=1S/C38H59N3O9/c1-12-29-38(8)32(41(36(45)50-38)39-21-27-16-14-13-15-17-27)26(6)30(42)24(4)20-37(7,46-11)33(22(2)18-23(3)34(44)48-29)49-35-31(43)28(40(9)10)19-25(5)47-35/h13-18,22,24-26,28-29,31-33,35,39,43H,12,19-21H2,1-11H3/b23-18+/t22-,24+,25+,26-,28-,29+,31+,32+,33+,35-,37-,38+/m0/s1. The maximum Gasteiger partial charge on any atom is 0.425 e. The van der Waals surface area contributed by atoms with Crippen LogP contribution in [0.4, 0.5) is 4.79 Å². The second kappa shape index (κ2) is 16.2. The van der Waals surface area contributed by atoms with Crippen molar-refractivity contribution in [1.82, 2.24) is 15.3 Å². The number of likely N-dealkylation sites (N-methyl/N-ethyl adjacent to an activating group) is 1. The lowest BCUT2D eigenvalue weighted by Crippen LogP contribution is -2.60. The fourth-order valence-corrected chi connectivity index (χ4v) is 8.21. The number of carbonyl (C=O) groups excluding carboxylic acids is 3. The minimum atomic E-state index is -1.35. The number of hydrazine groups is 1. The van der Waals surface area contributed by atoms with Gasteiger partial charge in [0.2, 0.25) is 0 Å². The Bertz CT molecular complexity index is 1370. The minimum Gasteiger partial charge on any atom is -0.455 e. The molecule has 0 radical (unpaired) electrons. The molecule has 12 atom stereocenters. The Labute approximate surface area is 297 Å². The number of hydrogen-bond acceptors (Lipinski definition) is 11. The van der Waals surface area contributed by atoms with E-state index in [0.717, 1.165) is 5.56 Å². The van der Waals surface area contributed by atoms with Gasteiger partial charge in [-0.2, -0.15) is 0 Å². The van der Waals surface area contributed by atoms with Gasteiger partial charge in [0.05, 0.1) is 17.8 Å². The van der Waals surface area contributed by atoms with Crippen LogP contribution in [-0.2, 0) is 39.8 Å². The van der Waals surface area contributed by atoms with E-state index in [1.54, 1.807) is 34.0 Å². The number of hydrogen-bond donors (Lipinski definition) is 2. The van der Waals surface area contributed by atoms with Crippen LogP contribution in [-0.4, -0.2) is 108 Å². The lowest BCUT2D eigenvalue weighted by Gasteiger charge is -2.46. The summed E-state index contributed by atoms with van der Waals surface area (Å²) in [6, 6.07) is 8.60. The highest BCUT2D eigenvalue weighted by Crippen LogP contribution is 2.42. The second-order valence-electron chi connectivity index (χ2n) is 15.1. The predicted octanol–water partition coefficient (Wildman–Crippen LogP) is 4.64. The Morgan fingerprint density at radius 3 is 2.34 bits per heavy atom. The van der Waals surface area contributed by atoms with Crippen molar-refractivity contribution in [2.75, 3.05) is 21.2 Å². The van der Waals surface area contributed by atoms with Crippen LogP contribution < -0.4 is 5.43 Å². The van der Waals surface area contributed by atoms with Crippen molar-refractivity contribution < 1.29 is 43.2 Å². The van der Waals surface area contributed by atoms with Gasteiger partial charge in [0, 0.05) is 43.0 Å². The van der Waals surface area contributed by atoms with Gasteiger partial charge in [-0.1, -0.05) is 64.1 Å². The summed E-state index contributed by atoms with van der Waals surface area (Å²) in [5.41, 5.74) is 2.07. The van der Waals surface area contributed by atoms with Gasteiger partial charge < -0.3 is 33.7 Å². The topological polar surface area (TPSA) is 136 Å². The van der Waals surface area contributed by atoms with Crippen LogP contribution in [0.15, 0.2) is 42.0 Å². The van der Waals surface area contributed by atoms with E-state index in [-0.39, 0.29) is 24.3 Å². The molecular formula is C38H59N3O9. The number of nitrogens with one attached hydrogen (secondary N) is 1. The van der Waals surface area contributed by atoms with Gasteiger partial charge in [-0.3, -0.25) is 4.79 Å². The zero-order valence-electron chi connectivity index (χ0n) is 31.7. The maximum atomic E-state index is 14.5. The molecule has 0 saturated carbocycles. The number of ether oxygens (including phenoxy) is 5. The van der Waals surface area contributed by atoms with Crippen molar-refractivity contribution in [2.24, 2.45) is 17.8 Å². The molecule has 0 bridgehead atoms. The van der Waals surface area contributed by atoms with E-state index >= 15 is 0 Å². The molecule has 1 aromatic carbocycles. The zero-order chi connectivity index (χ0) is 37.1. The first-order valence-electron chi connectivity index (χ1n) is 17.9. The number of ketones is 1. The highest BCUT2D eigenvalue weighted by atomic mass is 16.7. The van der Waals surface area contributed by atoms with Gasteiger partial charge in [0.15, 0.2) is 11.9 Å². The minimum absolute atomic E-state index is 0.110. The van der Waals surface area contributed by atoms with Crippen LogP contribution in [0.2, 0.25) is 0 Å². The normalized spacial score (nSPS) is 40.1. The average molecular weight is 702 g/mol. The number of benzene rings is 1. The first kappa shape index (κ1) is 39.9. The van der Waals surface area contributed by atoms with E-state index in [9.17, 15) is 19.5 Å². The molecule has 3 heterocycles. The number of carbonyl (C=O) groups is 3. The van der Waals surface area contributed by atoms with Crippen LogP contribution in [0.3, 0.4) is 0 Å². The fourth-order valence-electron chi connectivity index (χ4n) is 8.21. The number of Topliss-reactive ketones (excluding diaryl/α,β-unsaturated/α-hetero) is 1. The number of amides is 1. The fraction of sp³-hybridized carbons (Fsp3) is 0.711. The summed E-state index contributed by atoms with van der Waals surface area (Å²) in [5.74, 6) is -2.41. The number of aliphatic hydroxyl groups excluding tert-OH is 1. The van der Waals surface area contributed by atoms with Crippen molar-refractivity contribution in [2.45, 2.75) is 135 Å². The first-order chi connectivity index (χ1) is 23.5. The SMILES string of the molecule is CC[C@H]1OC(=O)/C(C)=C/[C@H](C)[C@@H](O[C@@H]2O[C@H](C)C[C@H](N(C)C)[C@H]2O)[C@@](C)(OC)C[C@@H](C)C(=O)[C@H](C)[C@H]2N(NCc3ccccc3)C(=O)O[C@]12C. The lowest BCUT2D eigenvalue weighted by molar-refractivity contribution is -0.294. The van der Waals surface area contributed by atoms with Gasteiger partial charge in [0.25, 0.3) is 0 Å². The largest absolute Gasteiger partial charge is 0.455 e. The molecule has 12 nitrogen and oxygen atoms in total. The number of esters is 1. The van der Waals surface area contributed by atoms with Crippen LogP contribution in [0.5, 0.6) is 0 Å². The second-order valence-corrected chi connectivity index (χ2v) is 15.1. The monoisotopic (exact) mass is 701 g/mol. The van der Waals surface area contributed by atoms with Gasteiger partial charge in [-0.05, 0) is 66.6 Å². The third-order valence-corrected chi connectivity index (χ3v) is 11.0. The molecule has 0 aliphatic carbocycles. The summed E-state index contributed by atoms with van der Waals surface area (Å²) < 4.78 is 31.3. The molecule has 3 aliphatic heterocycles. The molecule has 2 fully saturated rings. The van der Waals surface area contributed by atoms with Crippen molar-refractivity contribution in [3.05, 3.63) is 47.5 Å². The molecule has 1 aromatic rings. The molecule has 2 saturated heterocycles. The van der Waals surface area contributed by atoms with Crippen molar-refractivity contribution >= 4 is 17.8 Å². The summed E-state index contributed by atoms with van der Waals surface area (Å²) in [6.07, 6.45) is -1.36. The number of aliphatic hydroxyl groups is 1. The highest BCUT2D eigenvalue weighted by molar-refractivity contribution is 5.88. The Hall–Kier alpha value is -2.87. The van der Waals surface area contributed by atoms with Crippen molar-refractivity contribution in [1.29, 1.82) is 0 Å². The Balaban J connectivity index is 1.76. The molecule has 280 valence electrons. The maximum absolute atomic E-state index is 14.5. The first-order valence-corrected chi connectivity index (χ1v) is 17.9. The molecule has 50 heavy (non-hydrogen) atoms. The molecule has 1 amide bonds. The smallest absolute Gasteiger partial charge is 0.425 e. The molecule has 2 N–H and O–H groups in total. The average Bonchev–Trinajstić information content (AvgIpc) is 3.34. The summed E-state index contributed by atoms with van der Waals surface area (Å²) in [5, 5.41) is 12.8. The van der Waals surface area contributed by atoms with E-state index in [1.165, 1.54) is 5.01 Å². The van der Waals surface area contributed by atoms with E-state index in [0.29, 0.717) is 25.0 Å². The van der Waals surface area contributed by atoms with Crippen LogP contribution in [0, 0.1) is 17.8 Å². The Kier molecular flexibility index (Phi) is 12.9. The highest BCUT2D eigenvalue weighted by Gasteiger charge is 2.60. The molecule has 4 rings (SSSR count). The summed E-state index contributed by atoms with van der Waals surface area (Å²) in [6.45, 7) is 15.0. The number of fused-ring (bicyclic) bond motifs is 1. The lowest BCUT2D eigenvalue weighted by atomic mass is 9.74. The van der Waals surface area contributed by atoms with Gasteiger partial charge in [-0.15, -0.1) is 0 Å². The summed E-state index contributed by atoms with van der Waals surface area (Å²) in [7, 11) is 5.39. The van der Waals surface area contributed by atoms with E-state index in [1.807, 2.05) is 83.9 Å². The third kappa shape index (κ3) is 8.26. The quantitative estimate of drug-likeness (QED) is 0.367. The van der Waals surface area contributed by atoms with Crippen LogP contribution >= 0.6 is 0 Å². The van der Waals surface area contributed by atoms with Gasteiger partial charge in [0.1, 0.15) is 24.0 Å². The van der Waals surface area contributed by atoms with E-state index in [2.05, 4.69) is 5.43 Å². The predicted molar refractivity (Wildman–Crippen MR) is 188 cm³/mol.